The summed E-state index contributed by atoms with van der Waals surface area (Å²) in [5, 5.41) is 4.26. The summed E-state index contributed by atoms with van der Waals surface area (Å²) >= 11 is 0. The molecule has 3 heterocycles. The van der Waals surface area contributed by atoms with Crippen LogP contribution < -0.4 is 5.73 Å². The number of hydrogen-bond acceptors (Lipinski definition) is 4. The van der Waals surface area contributed by atoms with E-state index in [1.54, 1.807) is 11.7 Å². The summed E-state index contributed by atoms with van der Waals surface area (Å²) in [5.74, 6) is -0.216. The summed E-state index contributed by atoms with van der Waals surface area (Å²) in [4.78, 5) is 28.7. The van der Waals surface area contributed by atoms with Crippen LogP contribution in [0.2, 0.25) is 0 Å². The average molecular weight is 333 g/mol. The Kier molecular flexibility index (Phi) is 4.38. The number of nitrogens with zero attached hydrogens (tertiary/aromatic N) is 4. The number of carbonyl (C=O) groups is 2. The van der Waals surface area contributed by atoms with Crippen LogP contribution in [0.5, 0.6) is 0 Å². The van der Waals surface area contributed by atoms with Gasteiger partial charge in [0, 0.05) is 20.1 Å². The number of likely N-dealkylation sites (N-methyl/N-ethyl adjacent to an activating group) is 1. The molecule has 0 bridgehead atoms. The first kappa shape index (κ1) is 17.0. The van der Waals surface area contributed by atoms with Crippen LogP contribution >= 0.6 is 0 Å². The third-order valence-electron chi connectivity index (χ3n) is 5.74. The molecule has 7 heteroatoms. The van der Waals surface area contributed by atoms with Gasteiger partial charge in [-0.3, -0.25) is 19.2 Å². The monoisotopic (exact) mass is 333 g/mol. The van der Waals surface area contributed by atoms with E-state index in [2.05, 4.69) is 10.00 Å². The van der Waals surface area contributed by atoms with Crippen molar-refractivity contribution in [3.8, 4) is 0 Å². The molecule has 132 valence electrons. The van der Waals surface area contributed by atoms with Crippen molar-refractivity contribution >= 4 is 11.8 Å². The van der Waals surface area contributed by atoms with E-state index in [1.807, 2.05) is 24.9 Å². The van der Waals surface area contributed by atoms with Crippen molar-refractivity contribution in [1.82, 2.24) is 19.6 Å². The maximum absolute atomic E-state index is 12.7. The minimum absolute atomic E-state index is 0.0211. The van der Waals surface area contributed by atoms with Crippen LogP contribution in [0.25, 0.3) is 0 Å². The number of amides is 2. The Hall–Kier alpha value is -1.89. The summed E-state index contributed by atoms with van der Waals surface area (Å²) < 4.78 is 1.64. The van der Waals surface area contributed by atoms with Crippen molar-refractivity contribution < 1.29 is 9.59 Å². The Bertz CT molecular complexity index is 645. The van der Waals surface area contributed by atoms with Crippen molar-refractivity contribution in [3.63, 3.8) is 0 Å². The van der Waals surface area contributed by atoms with Gasteiger partial charge in [-0.15, -0.1) is 0 Å². The van der Waals surface area contributed by atoms with E-state index in [1.165, 1.54) is 0 Å². The number of piperidine rings is 2. The zero-order valence-electron chi connectivity index (χ0n) is 14.8. The van der Waals surface area contributed by atoms with Crippen LogP contribution in [0.4, 0.5) is 0 Å². The molecule has 1 unspecified atom stereocenters. The van der Waals surface area contributed by atoms with Crippen molar-refractivity contribution in [3.05, 3.63) is 17.5 Å². The SMILES string of the molecule is Cc1cc(C(=O)N2CCC3(CCCN(C)C3C(N)=O)CC2)n(C)n1. The largest absolute Gasteiger partial charge is 0.368 e. The molecule has 3 rings (SSSR count). The van der Waals surface area contributed by atoms with Gasteiger partial charge < -0.3 is 10.6 Å². The minimum atomic E-state index is -0.237. The molecule has 1 aromatic rings. The first-order valence-electron chi connectivity index (χ1n) is 8.63. The molecule has 1 spiro atoms. The highest BCUT2D eigenvalue weighted by atomic mass is 16.2. The van der Waals surface area contributed by atoms with Gasteiger partial charge in [-0.1, -0.05) is 0 Å². The molecule has 0 saturated carbocycles. The second-order valence-corrected chi connectivity index (χ2v) is 7.34. The van der Waals surface area contributed by atoms with Crippen molar-refractivity contribution in [2.45, 2.75) is 38.6 Å². The zero-order chi connectivity index (χ0) is 17.5. The molecule has 1 aromatic heterocycles. The molecular formula is C17H27N5O2. The number of carbonyl (C=O) groups excluding carboxylic acids is 2. The summed E-state index contributed by atoms with van der Waals surface area (Å²) in [6.45, 7) is 4.13. The quantitative estimate of drug-likeness (QED) is 0.856. The Morgan fingerprint density at radius 1 is 1.21 bits per heavy atom. The summed E-state index contributed by atoms with van der Waals surface area (Å²) in [7, 11) is 3.77. The van der Waals surface area contributed by atoms with E-state index in [9.17, 15) is 9.59 Å². The third kappa shape index (κ3) is 2.81. The van der Waals surface area contributed by atoms with Crippen LogP contribution in [-0.4, -0.2) is 64.1 Å². The first-order valence-corrected chi connectivity index (χ1v) is 8.63. The molecule has 2 aliphatic rings. The van der Waals surface area contributed by atoms with Gasteiger partial charge in [0.05, 0.1) is 11.7 Å². The van der Waals surface area contributed by atoms with Crippen LogP contribution in [0.15, 0.2) is 6.07 Å². The maximum Gasteiger partial charge on any atom is 0.272 e. The van der Waals surface area contributed by atoms with Gasteiger partial charge >= 0.3 is 0 Å². The predicted molar refractivity (Wildman–Crippen MR) is 90.4 cm³/mol. The second kappa shape index (κ2) is 6.20. The van der Waals surface area contributed by atoms with Gasteiger partial charge in [0.15, 0.2) is 0 Å². The highest BCUT2D eigenvalue weighted by Crippen LogP contribution is 2.44. The Morgan fingerprint density at radius 3 is 2.42 bits per heavy atom. The molecule has 2 N–H and O–H groups in total. The number of primary amides is 1. The maximum atomic E-state index is 12.7. The highest BCUT2D eigenvalue weighted by Gasteiger charge is 2.48. The Balaban J connectivity index is 1.74. The van der Waals surface area contributed by atoms with Crippen molar-refractivity contribution in [2.75, 3.05) is 26.7 Å². The number of nitrogens with two attached hydrogens (primary N) is 1. The van der Waals surface area contributed by atoms with Crippen LogP contribution in [0.3, 0.4) is 0 Å². The van der Waals surface area contributed by atoms with Crippen LogP contribution in [-0.2, 0) is 11.8 Å². The van der Waals surface area contributed by atoms with Crippen LogP contribution in [0, 0.1) is 12.3 Å². The molecule has 7 nitrogen and oxygen atoms in total. The summed E-state index contributed by atoms with van der Waals surface area (Å²) in [5.41, 5.74) is 7.08. The zero-order valence-corrected chi connectivity index (χ0v) is 14.8. The average Bonchev–Trinajstić information content (AvgIpc) is 2.85. The molecule has 0 aromatic carbocycles. The van der Waals surface area contributed by atoms with Gasteiger partial charge in [-0.2, -0.15) is 5.10 Å². The van der Waals surface area contributed by atoms with Crippen molar-refractivity contribution in [1.29, 1.82) is 0 Å². The molecule has 0 aliphatic carbocycles. The fourth-order valence-corrected chi connectivity index (χ4v) is 4.58. The van der Waals surface area contributed by atoms with E-state index in [4.69, 9.17) is 5.73 Å². The molecular weight excluding hydrogens is 306 g/mol. The van der Waals surface area contributed by atoms with Gasteiger partial charge in [0.1, 0.15) is 5.69 Å². The first-order chi connectivity index (χ1) is 11.3. The highest BCUT2D eigenvalue weighted by molar-refractivity contribution is 5.92. The number of aryl methyl sites for hydroxylation is 2. The topological polar surface area (TPSA) is 84.5 Å². The van der Waals surface area contributed by atoms with E-state index >= 15 is 0 Å². The lowest BCUT2D eigenvalue weighted by molar-refractivity contribution is -0.132. The van der Waals surface area contributed by atoms with E-state index in [0.717, 1.165) is 37.9 Å². The fourth-order valence-electron chi connectivity index (χ4n) is 4.58. The van der Waals surface area contributed by atoms with Crippen molar-refractivity contribution in [2.24, 2.45) is 18.2 Å². The number of rotatable bonds is 2. The molecule has 2 saturated heterocycles. The summed E-state index contributed by atoms with van der Waals surface area (Å²) in [6, 6.07) is 1.61. The van der Waals surface area contributed by atoms with E-state index < -0.39 is 0 Å². The molecule has 2 amide bonds. The van der Waals surface area contributed by atoms with Gasteiger partial charge in [-0.25, -0.2) is 0 Å². The van der Waals surface area contributed by atoms with E-state index in [-0.39, 0.29) is 23.3 Å². The lowest BCUT2D eigenvalue weighted by Crippen LogP contribution is -2.60. The number of likely N-dealkylation sites (tertiary alicyclic amines) is 2. The molecule has 1 atom stereocenters. The normalized spacial score (nSPS) is 24.3. The standard InChI is InChI=1S/C17H27N5O2/c1-12-11-13(21(3)19-12)16(24)22-9-6-17(7-10-22)5-4-8-20(2)14(17)15(18)23/h11,14H,4-10H2,1-3H3,(H2,18,23). The fraction of sp³-hybridized carbons (Fsp3) is 0.706. The number of hydrogen-bond donors (Lipinski definition) is 1. The molecule has 0 radical (unpaired) electrons. The minimum Gasteiger partial charge on any atom is -0.368 e. The Labute approximate surface area is 142 Å². The van der Waals surface area contributed by atoms with Gasteiger partial charge in [0.2, 0.25) is 5.91 Å². The number of aromatic nitrogens is 2. The summed E-state index contributed by atoms with van der Waals surface area (Å²) in [6.07, 6.45) is 3.74. The Morgan fingerprint density at radius 2 is 1.88 bits per heavy atom. The predicted octanol–water partition coefficient (Wildman–Crippen LogP) is 0.530. The van der Waals surface area contributed by atoms with Gasteiger partial charge in [0.25, 0.3) is 5.91 Å². The molecule has 2 fully saturated rings. The molecule has 2 aliphatic heterocycles. The lowest BCUT2D eigenvalue weighted by Gasteiger charge is -2.51. The van der Waals surface area contributed by atoms with Crippen LogP contribution in [0.1, 0.15) is 41.9 Å². The third-order valence-corrected chi connectivity index (χ3v) is 5.74. The van der Waals surface area contributed by atoms with E-state index in [0.29, 0.717) is 18.8 Å². The lowest BCUT2D eigenvalue weighted by atomic mass is 9.66. The second-order valence-electron chi connectivity index (χ2n) is 7.34. The molecule has 24 heavy (non-hydrogen) atoms. The van der Waals surface area contributed by atoms with Gasteiger partial charge in [-0.05, 0) is 57.7 Å². The smallest absolute Gasteiger partial charge is 0.272 e.